The number of hydrogen-bond acceptors (Lipinski definition) is 5. The Kier molecular flexibility index (Phi) is 6.70. The fourth-order valence-electron chi connectivity index (χ4n) is 4.00. The van der Waals surface area contributed by atoms with Gasteiger partial charge in [0.15, 0.2) is 0 Å². The van der Waals surface area contributed by atoms with Crippen LogP contribution in [0.4, 0.5) is 11.6 Å². The van der Waals surface area contributed by atoms with E-state index in [1.807, 2.05) is 30.3 Å². The number of aromatic nitrogens is 3. The molecule has 176 valence electrons. The zero-order chi connectivity index (χ0) is 24.4. The Morgan fingerprint density at radius 2 is 1.82 bits per heavy atom. The average Bonchev–Trinajstić information content (AvgIpc) is 3.10. The van der Waals surface area contributed by atoms with Gasteiger partial charge in [0.2, 0.25) is 11.9 Å². The molecular formula is C25H26ClN5O3. The van der Waals surface area contributed by atoms with Crippen molar-refractivity contribution in [1.82, 2.24) is 19.4 Å². The number of nitrogens with one attached hydrogen (secondary N) is 2. The van der Waals surface area contributed by atoms with Crippen molar-refractivity contribution in [3.8, 4) is 0 Å². The number of carbonyl (C=O) groups is 1. The molecular weight excluding hydrogens is 454 g/mol. The molecule has 4 rings (SSSR count). The first-order chi connectivity index (χ1) is 16.3. The highest BCUT2D eigenvalue weighted by atomic mass is 35.5. The maximum Gasteiger partial charge on any atom is 0.354 e. The van der Waals surface area contributed by atoms with E-state index in [1.54, 1.807) is 12.1 Å². The number of halogens is 1. The predicted octanol–water partition coefficient (Wildman–Crippen LogP) is 3.34. The van der Waals surface area contributed by atoms with Crippen molar-refractivity contribution < 1.29 is 4.79 Å². The van der Waals surface area contributed by atoms with Crippen molar-refractivity contribution in [3.05, 3.63) is 90.7 Å². The molecule has 0 radical (unpaired) electrons. The number of allylic oxidation sites excluding steroid dienone is 2. The van der Waals surface area contributed by atoms with Crippen LogP contribution >= 0.6 is 11.6 Å². The van der Waals surface area contributed by atoms with Crippen LogP contribution < -0.4 is 22.0 Å². The lowest BCUT2D eigenvalue weighted by Crippen LogP contribution is -2.43. The molecule has 1 amide bonds. The molecule has 2 N–H and O–H groups in total. The molecule has 1 aliphatic carbocycles. The standard InChI is InChI=1S/C25H26ClN5O3/c1-15-12-18-6-9-20(13-21(18)16(15)2)28-23-29-24(33)30(11-10-22(32)27-3)25(34)31(23)14-17-4-7-19(26)8-5-17/h4-9,13H,10-12,14H2,1-3H3,(H,27,32)(H,28,29,33). The first kappa shape index (κ1) is 23.5. The molecule has 0 saturated heterocycles. The topological polar surface area (TPSA) is 98.0 Å². The maximum absolute atomic E-state index is 13.3. The minimum Gasteiger partial charge on any atom is -0.359 e. The summed E-state index contributed by atoms with van der Waals surface area (Å²) in [5.41, 5.74) is 5.23. The molecule has 0 fully saturated rings. The van der Waals surface area contributed by atoms with Crippen LogP contribution in [0.3, 0.4) is 0 Å². The van der Waals surface area contributed by atoms with Crippen molar-refractivity contribution in [1.29, 1.82) is 0 Å². The quantitative estimate of drug-likeness (QED) is 0.541. The summed E-state index contributed by atoms with van der Waals surface area (Å²) >= 11 is 6.00. The van der Waals surface area contributed by atoms with Crippen LogP contribution in [-0.4, -0.2) is 27.1 Å². The van der Waals surface area contributed by atoms with E-state index in [-0.39, 0.29) is 31.4 Å². The summed E-state index contributed by atoms with van der Waals surface area (Å²) in [6.07, 6.45) is 0.916. The summed E-state index contributed by atoms with van der Waals surface area (Å²) < 4.78 is 2.38. The summed E-state index contributed by atoms with van der Waals surface area (Å²) in [6, 6.07) is 13.1. The number of rotatable bonds is 7. The lowest BCUT2D eigenvalue weighted by atomic mass is 10.1. The van der Waals surface area contributed by atoms with E-state index in [9.17, 15) is 14.4 Å². The molecule has 0 aliphatic heterocycles. The smallest absolute Gasteiger partial charge is 0.354 e. The molecule has 0 bridgehead atoms. The Morgan fingerprint density at radius 1 is 1.09 bits per heavy atom. The van der Waals surface area contributed by atoms with E-state index >= 15 is 0 Å². The molecule has 0 atom stereocenters. The molecule has 2 aromatic carbocycles. The summed E-state index contributed by atoms with van der Waals surface area (Å²) in [6.45, 7) is 4.32. The molecule has 9 heteroatoms. The van der Waals surface area contributed by atoms with Gasteiger partial charge >= 0.3 is 11.4 Å². The van der Waals surface area contributed by atoms with Crippen LogP contribution in [0.25, 0.3) is 5.57 Å². The summed E-state index contributed by atoms with van der Waals surface area (Å²) in [5, 5.41) is 6.24. The number of nitrogens with zero attached hydrogens (tertiary/aromatic N) is 3. The van der Waals surface area contributed by atoms with Crippen molar-refractivity contribution in [2.45, 2.75) is 39.8 Å². The van der Waals surface area contributed by atoms with Gasteiger partial charge in [-0.25, -0.2) is 14.2 Å². The highest BCUT2D eigenvalue weighted by molar-refractivity contribution is 6.30. The monoisotopic (exact) mass is 479 g/mol. The Morgan fingerprint density at radius 3 is 2.53 bits per heavy atom. The van der Waals surface area contributed by atoms with Gasteiger partial charge in [0.1, 0.15) is 0 Å². The third kappa shape index (κ3) is 4.82. The molecule has 0 saturated carbocycles. The normalized spacial score (nSPS) is 12.6. The first-order valence-corrected chi connectivity index (χ1v) is 11.4. The second-order valence-corrected chi connectivity index (χ2v) is 8.80. The Hall–Kier alpha value is -3.65. The van der Waals surface area contributed by atoms with Crippen molar-refractivity contribution in [3.63, 3.8) is 0 Å². The highest BCUT2D eigenvalue weighted by Crippen LogP contribution is 2.34. The molecule has 1 aliphatic rings. The summed E-state index contributed by atoms with van der Waals surface area (Å²) in [7, 11) is 1.50. The van der Waals surface area contributed by atoms with E-state index in [0.717, 1.165) is 27.8 Å². The Bertz CT molecular complexity index is 1400. The number of anilines is 2. The van der Waals surface area contributed by atoms with Crippen LogP contribution in [0.5, 0.6) is 0 Å². The number of benzene rings is 2. The number of hydrogen-bond donors (Lipinski definition) is 2. The second-order valence-electron chi connectivity index (χ2n) is 8.37. The molecule has 0 spiro atoms. The zero-order valence-corrected chi connectivity index (χ0v) is 20.1. The van der Waals surface area contributed by atoms with E-state index in [2.05, 4.69) is 29.5 Å². The molecule has 3 aromatic rings. The van der Waals surface area contributed by atoms with Gasteiger partial charge in [0, 0.05) is 30.7 Å². The molecule has 34 heavy (non-hydrogen) atoms. The largest absolute Gasteiger partial charge is 0.359 e. The van der Waals surface area contributed by atoms with E-state index < -0.39 is 11.4 Å². The second kappa shape index (κ2) is 9.69. The number of fused-ring (bicyclic) bond motifs is 1. The van der Waals surface area contributed by atoms with Crippen molar-refractivity contribution >= 4 is 34.7 Å². The van der Waals surface area contributed by atoms with Gasteiger partial charge in [0.05, 0.1) is 6.54 Å². The highest BCUT2D eigenvalue weighted by Gasteiger charge is 2.18. The van der Waals surface area contributed by atoms with Gasteiger partial charge in [-0.05, 0) is 66.8 Å². The fraction of sp³-hybridized carbons (Fsp3) is 0.280. The minimum atomic E-state index is -0.711. The third-order valence-electron chi connectivity index (χ3n) is 6.11. The SMILES string of the molecule is CNC(=O)CCn1c(=O)nc(Nc2ccc3c(c2)C(C)=C(C)C3)n(Cc2ccc(Cl)cc2)c1=O. The van der Waals surface area contributed by atoms with Gasteiger partial charge in [-0.3, -0.25) is 9.36 Å². The fourth-order valence-corrected chi connectivity index (χ4v) is 4.13. The molecule has 8 nitrogen and oxygen atoms in total. The van der Waals surface area contributed by atoms with Gasteiger partial charge in [-0.15, -0.1) is 0 Å². The van der Waals surface area contributed by atoms with Crippen molar-refractivity contribution in [2.24, 2.45) is 0 Å². The predicted molar refractivity (Wildman–Crippen MR) is 134 cm³/mol. The lowest BCUT2D eigenvalue weighted by molar-refractivity contribution is -0.120. The summed E-state index contributed by atoms with van der Waals surface area (Å²) in [4.78, 5) is 41.9. The lowest BCUT2D eigenvalue weighted by Gasteiger charge is -2.16. The Labute approximate surface area is 201 Å². The van der Waals surface area contributed by atoms with Crippen LogP contribution in [0, 0.1) is 0 Å². The van der Waals surface area contributed by atoms with Crippen molar-refractivity contribution in [2.75, 3.05) is 12.4 Å². The molecule has 0 unspecified atom stereocenters. The number of amides is 1. The van der Waals surface area contributed by atoms with E-state index in [0.29, 0.717) is 5.02 Å². The zero-order valence-electron chi connectivity index (χ0n) is 19.3. The van der Waals surface area contributed by atoms with Gasteiger partial charge < -0.3 is 10.6 Å². The molecule has 1 aromatic heterocycles. The summed E-state index contributed by atoms with van der Waals surface area (Å²) in [5.74, 6) is -0.132. The first-order valence-electron chi connectivity index (χ1n) is 11.0. The van der Waals surface area contributed by atoms with Gasteiger partial charge in [-0.1, -0.05) is 35.4 Å². The van der Waals surface area contributed by atoms with Gasteiger partial charge in [-0.2, -0.15) is 4.98 Å². The van der Waals surface area contributed by atoms with Crippen LogP contribution in [-0.2, 0) is 24.3 Å². The van der Waals surface area contributed by atoms with E-state index in [1.165, 1.54) is 28.3 Å². The van der Waals surface area contributed by atoms with Crippen LogP contribution in [0.15, 0.2) is 57.6 Å². The third-order valence-corrected chi connectivity index (χ3v) is 6.36. The maximum atomic E-state index is 13.3. The minimum absolute atomic E-state index is 0.00314. The van der Waals surface area contributed by atoms with Gasteiger partial charge in [0.25, 0.3) is 0 Å². The van der Waals surface area contributed by atoms with Crippen LogP contribution in [0.2, 0.25) is 5.02 Å². The van der Waals surface area contributed by atoms with Crippen LogP contribution in [0.1, 0.15) is 37.0 Å². The Balaban J connectivity index is 1.75. The van der Waals surface area contributed by atoms with E-state index in [4.69, 9.17) is 11.6 Å². The number of carbonyl (C=O) groups excluding carboxylic acids is 1. The average molecular weight is 480 g/mol. The molecule has 1 heterocycles.